The second kappa shape index (κ2) is 6.96. The van der Waals surface area contributed by atoms with Crippen molar-refractivity contribution in [3.8, 4) is 5.75 Å². The molecule has 0 spiro atoms. The molecule has 1 N–H and O–H groups in total. The number of alkyl halides is 2. The third-order valence-electron chi connectivity index (χ3n) is 2.97. The largest absolute Gasteiger partial charge is 0.435 e. The van der Waals surface area contributed by atoms with Crippen LogP contribution in [0, 0.1) is 0 Å². The van der Waals surface area contributed by atoms with E-state index in [1.807, 2.05) is 12.1 Å². The topological polar surface area (TPSA) is 34.1 Å². The summed E-state index contributed by atoms with van der Waals surface area (Å²) in [7, 11) is 0. The number of aromatic nitrogens is 1. The van der Waals surface area contributed by atoms with E-state index in [1.54, 1.807) is 36.7 Å². The molecule has 0 aliphatic carbocycles. The minimum atomic E-state index is -2.79. The predicted octanol–water partition coefficient (Wildman–Crippen LogP) is 3.53. The lowest BCUT2D eigenvalue weighted by atomic mass is 10.1. The van der Waals surface area contributed by atoms with Crippen LogP contribution in [0.4, 0.5) is 8.78 Å². The Balaban J connectivity index is 1.88. The van der Waals surface area contributed by atoms with Gasteiger partial charge in [-0.1, -0.05) is 12.1 Å². The Labute approximate surface area is 116 Å². The molecular formula is C15H16F2N2O. The summed E-state index contributed by atoms with van der Waals surface area (Å²) >= 11 is 0. The normalized spacial score (nSPS) is 12.4. The zero-order valence-electron chi connectivity index (χ0n) is 11.1. The first-order valence-electron chi connectivity index (χ1n) is 6.32. The summed E-state index contributed by atoms with van der Waals surface area (Å²) in [5, 5.41) is 3.36. The number of rotatable bonds is 6. The Morgan fingerprint density at radius 2 is 1.75 bits per heavy atom. The van der Waals surface area contributed by atoms with Gasteiger partial charge in [0.2, 0.25) is 0 Å². The summed E-state index contributed by atoms with van der Waals surface area (Å²) in [6.45, 7) is -0.0760. The molecule has 0 saturated heterocycles. The lowest BCUT2D eigenvalue weighted by Gasteiger charge is -2.14. The summed E-state index contributed by atoms with van der Waals surface area (Å²) < 4.78 is 28.3. The Bertz CT molecular complexity index is 517. The highest BCUT2D eigenvalue weighted by atomic mass is 19.3. The molecule has 0 bridgehead atoms. The van der Waals surface area contributed by atoms with E-state index < -0.39 is 6.61 Å². The monoisotopic (exact) mass is 278 g/mol. The van der Waals surface area contributed by atoms with Gasteiger partial charge in [-0.05, 0) is 42.3 Å². The molecule has 5 heteroatoms. The third kappa shape index (κ3) is 4.28. The van der Waals surface area contributed by atoms with Crippen molar-refractivity contribution in [2.45, 2.75) is 26.1 Å². The van der Waals surface area contributed by atoms with Gasteiger partial charge in [-0.3, -0.25) is 4.98 Å². The Kier molecular flexibility index (Phi) is 5.01. The van der Waals surface area contributed by atoms with Gasteiger partial charge in [-0.15, -0.1) is 0 Å². The van der Waals surface area contributed by atoms with Gasteiger partial charge in [0.1, 0.15) is 5.75 Å². The standard InChI is InChI=1S/C15H16F2N2O/c1-11(13-6-8-18-9-7-13)19-10-12-2-4-14(5-3-12)20-15(16)17/h2-9,11,15,19H,10H2,1H3/t11-/m1/s1. The molecule has 0 amide bonds. The average Bonchev–Trinajstić information content (AvgIpc) is 2.46. The molecule has 2 rings (SSSR count). The van der Waals surface area contributed by atoms with E-state index in [1.165, 1.54) is 0 Å². The van der Waals surface area contributed by atoms with E-state index >= 15 is 0 Å². The van der Waals surface area contributed by atoms with Crippen LogP contribution in [0.3, 0.4) is 0 Å². The van der Waals surface area contributed by atoms with E-state index in [0.717, 1.165) is 11.1 Å². The lowest BCUT2D eigenvalue weighted by molar-refractivity contribution is -0.0498. The fourth-order valence-corrected chi connectivity index (χ4v) is 1.83. The fraction of sp³-hybridized carbons (Fsp3) is 0.267. The van der Waals surface area contributed by atoms with Crippen molar-refractivity contribution in [2.24, 2.45) is 0 Å². The van der Waals surface area contributed by atoms with Gasteiger partial charge in [0.05, 0.1) is 0 Å². The predicted molar refractivity (Wildman–Crippen MR) is 72.6 cm³/mol. The van der Waals surface area contributed by atoms with Gasteiger partial charge in [0.15, 0.2) is 0 Å². The first-order chi connectivity index (χ1) is 9.65. The SMILES string of the molecule is C[C@@H](NCc1ccc(OC(F)F)cc1)c1ccncc1. The van der Waals surface area contributed by atoms with Crippen molar-refractivity contribution in [1.29, 1.82) is 0 Å². The molecule has 0 unspecified atom stereocenters. The summed E-state index contributed by atoms with van der Waals surface area (Å²) in [5.74, 6) is 0.172. The van der Waals surface area contributed by atoms with Crippen LogP contribution < -0.4 is 10.1 Å². The average molecular weight is 278 g/mol. The molecule has 3 nitrogen and oxygen atoms in total. The van der Waals surface area contributed by atoms with Gasteiger partial charge in [-0.25, -0.2) is 0 Å². The van der Waals surface area contributed by atoms with E-state index in [-0.39, 0.29) is 11.8 Å². The molecule has 0 aliphatic rings. The fourth-order valence-electron chi connectivity index (χ4n) is 1.83. The maximum absolute atomic E-state index is 12.0. The summed E-state index contributed by atoms with van der Waals surface area (Å²) in [4.78, 5) is 3.98. The molecule has 1 atom stereocenters. The molecule has 0 saturated carbocycles. The zero-order chi connectivity index (χ0) is 14.4. The van der Waals surface area contributed by atoms with Gasteiger partial charge < -0.3 is 10.1 Å². The molecule has 0 radical (unpaired) electrons. The number of nitrogens with one attached hydrogen (secondary N) is 1. The number of hydrogen-bond donors (Lipinski definition) is 1. The molecule has 1 aromatic heterocycles. The van der Waals surface area contributed by atoms with Crippen molar-refractivity contribution in [2.75, 3.05) is 0 Å². The molecule has 1 heterocycles. The van der Waals surface area contributed by atoms with Crippen LogP contribution in [-0.2, 0) is 6.54 Å². The first-order valence-corrected chi connectivity index (χ1v) is 6.32. The van der Waals surface area contributed by atoms with Crippen LogP contribution in [0.5, 0.6) is 5.75 Å². The van der Waals surface area contributed by atoms with Gasteiger partial charge >= 0.3 is 6.61 Å². The highest BCUT2D eigenvalue weighted by Gasteiger charge is 2.06. The highest BCUT2D eigenvalue weighted by Crippen LogP contribution is 2.16. The van der Waals surface area contributed by atoms with Crippen molar-refractivity contribution in [1.82, 2.24) is 10.3 Å². The number of hydrogen-bond acceptors (Lipinski definition) is 3. The number of nitrogens with zero attached hydrogens (tertiary/aromatic N) is 1. The molecule has 2 aromatic rings. The Morgan fingerprint density at radius 3 is 2.35 bits per heavy atom. The quantitative estimate of drug-likeness (QED) is 0.877. The smallest absolute Gasteiger partial charge is 0.387 e. The molecule has 1 aromatic carbocycles. The summed E-state index contributed by atoms with van der Waals surface area (Å²) in [5.41, 5.74) is 2.16. The number of pyridine rings is 1. The second-order valence-corrected chi connectivity index (χ2v) is 4.41. The Morgan fingerprint density at radius 1 is 1.10 bits per heavy atom. The first kappa shape index (κ1) is 14.4. The van der Waals surface area contributed by atoms with E-state index in [4.69, 9.17) is 0 Å². The van der Waals surface area contributed by atoms with Crippen molar-refractivity contribution in [3.63, 3.8) is 0 Å². The van der Waals surface area contributed by atoms with Crippen molar-refractivity contribution < 1.29 is 13.5 Å². The summed E-state index contributed by atoms with van der Waals surface area (Å²) in [6, 6.07) is 10.7. The number of benzene rings is 1. The second-order valence-electron chi connectivity index (χ2n) is 4.41. The van der Waals surface area contributed by atoms with Crippen molar-refractivity contribution in [3.05, 3.63) is 59.9 Å². The molecule has 20 heavy (non-hydrogen) atoms. The maximum Gasteiger partial charge on any atom is 0.387 e. The molecular weight excluding hydrogens is 262 g/mol. The van der Waals surface area contributed by atoms with Crippen LogP contribution in [0.15, 0.2) is 48.8 Å². The van der Waals surface area contributed by atoms with Crippen LogP contribution in [-0.4, -0.2) is 11.6 Å². The molecule has 0 fully saturated rings. The number of halogens is 2. The van der Waals surface area contributed by atoms with Gasteiger partial charge in [-0.2, -0.15) is 8.78 Å². The lowest BCUT2D eigenvalue weighted by Crippen LogP contribution is -2.18. The minimum Gasteiger partial charge on any atom is -0.435 e. The molecule has 0 aliphatic heterocycles. The van der Waals surface area contributed by atoms with Gasteiger partial charge in [0, 0.05) is 25.0 Å². The number of ether oxygens (including phenoxy) is 1. The van der Waals surface area contributed by atoms with E-state index in [0.29, 0.717) is 6.54 Å². The Hall–Kier alpha value is -2.01. The minimum absolute atomic E-state index is 0.172. The van der Waals surface area contributed by atoms with Gasteiger partial charge in [0.25, 0.3) is 0 Å². The summed E-state index contributed by atoms with van der Waals surface area (Å²) in [6.07, 6.45) is 3.51. The van der Waals surface area contributed by atoms with Crippen LogP contribution >= 0.6 is 0 Å². The van der Waals surface area contributed by atoms with Crippen molar-refractivity contribution >= 4 is 0 Å². The molecule has 106 valence electrons. The maximum atomic E-state index is 12.0. The highest BCUT2D eigenvalue weighted by molar-refractivity contribution is 5.27. The van der Waals surface area contributed by atoms with Crippen LogP contribution in [0.2, 0.25) is 0 Å². The van der Waals surface area contributed by atoms with E-state index in [2.05, 4.69) is 22.0 Å². The van der Waals surface area contributed by atoms with E-state index in [9.17, 15) is 8.78 Å². The van der Waals surface area contributed by atoms with Crippen LogP contribution in [0.1, 0.15) is 24.1 Å². The zero-order valence-corrected chi connectivity index (χ0v) is 11.1. The third-order valence-corrected chi connectivity index (χ3v) is 2.97. The van der Waals surface area contributed by atoms with Crippen LogP contribution in [0.25, 0.3) is 0 Å².